The molecule has 0 unspecified atom stereocenters. The number of halogens is 3. The van der Waals surface area contributed by atoms with Crippen molar-refractivity contribution in [1.29, 1.82) is 0 Å². The van der Waals surface area contributed by atoms with E-state index in [2.05, 4.69) is 9.72 Å². The lowest BCUT2D eigenvalue weighted by atomic mass is 10.0. The van der Waals surface area contributed by atoms with Crippen molar-refractivity contribution in [1.82, 2.24) is 4.98 Å². The normalized spacial score (nSPS) is 11.2. The molecule has 3 nitrogen and oxygen atoms in total. The fraction of sp³-hybridized carbons (Fsp3) is 0.200. The molecule has 1 aromatic heterocycles. The maximum atomic E-state index is 12.1. The van der Waals surface area contributed by atoms with Crippen molar-refractivity contribution < 1.29 is 22.7 Å². The average Bonchev–Trinajstić information content (AvgIpc) is 2.44. The molecule has 0 spiro atoms. The van der Waals surface area contributed by atoms with Crippen molar-refractivity contribution in [2.24, 2.45) is 0 Å². The molecule has 1 aromatic carbocycles. The van der Waals surface area contributed by atoms with Crippen molar-refractivity contribution in [2.75, 3.05) is 0 Å². The molecular weight excluding hydrogens is 283 g/mol. The zero-order chi connectivity index (χ0) is 15.3. The van der Waals surface area contributed by atoms with Gasteiger partial charge in [0, 0.05) is 24.4 Å². The number of benzene rings is 1. The first-order valence-corrected chi connectivity index (χ1v) is 6.22. The van der Waals surface area contributed by atoms with E-state index in [1.54, 1.807) is 24.5 Å². The predicted octanol–water partition coefficient (Wildman–Crippen LogP) is 3.80. The van der Waals surface area contributed by atoms with Crippen molar-refractivity contribution in [3.63, 3.8) is 0 Å². The molecule has 21 heavy (non-hydrogen) atoms. The number of hydrogen-bond donors (Lipinski definition) is 0. The lowest BCUT2D eigenvalue weighted by Crippen LogP contribution is -2.17. The first-order valence-electron chi connectivity index (χ1n) is 6.22. The second kappa shape index (κ2) is 6.39. The lowest BCUT2D eigenvalue weighted by molar-refractivity contribution is -0.274. The third-order valence-electron chi connectivity index (χ3n) is 2.78. The van der Waals surface area contributed by atoms with Crippen LogP contribution in [0, 0.1) is 0 Å². The maximum absolute atomic E-state index is 12.1. The average molecular weight is 295 g/mol. The van der Waals surface area contributed by atoms with Gasteiger partial charge in [0.15, 0.2) is 5.78 Å². The summed E-state index contributed by atoms with van der Waals surface area (Å²) in [5, 5.41) is 0. The number of aromatic nitrogens is 1. The smallest absolute Gasteiger partial charge is 0.406 e. The van der Waals surface area contributed by atoms with Gasteiger partial charge < -0.3 is 4.74 Å². The number of alkyl halides is 3. The summed E-state index contributed by atoms with van der Waals surface area (Å²) < 4.78 is 40.2. The molecule has 2 rings (SSSR count). The van der Waals surface area contributed by atoms with Crippen LogP contribution >= 0.6 is 0 Å². The van der Waals surface area contributed by atoms with Crippen LogP contribution in [-0.4, -0.2) is 17.1 Å². The fourth-order valence-corrected chi connectivity index (χ4v) is 1.82. The second-order valence-corrected chi connectivity index (χ2v) is 4.35. The van der Waals surface area contributed by atoms with E-state index in [-0.39, 0.29) is 17.8 Å². The van der Waals surface area contributed by atoms with E-state index in [0.717, 1.165) is 17.7 Å². The molecule has 0 aliphatic rings. The second-order valence-electron chi connectivity index (χ2n) is 4.35. The van der Waals surface area contributed by atoms with Gasteiger partial charge in [-0.25, -0.2) is 0 Å². The van der Waals surface area contributed by atoms with Crippen LogP contribution in [0.15, 0.2) is 48.8 Å². The molecule has 0 radical (unpaired) electrons. The molecule has 110 valence electrons. The lowest BCUT2D eigenvalue weighted by Gasteiger charge is -2.09. The van der Waals surface area contributed by atoms with Gasteiger partial charge in [0.1, 0.15) is 5.75 Å². The molecule has 0 aliphatic carbocycles. The first-order chi connectivity index (χ1) is 9.94. The number of nitrogens with zero attached hydrogens (tertiary/aromatic N) is 1. The number of pyridine rings is 1. The zero-order valence-corrected chi connectivity index (χ0v) is 10.9. The summed E-state index contributed by atoms with van der Waals surface area (Å²) in [4.78, 5) is 15.9. The molecule has 0 bridgehead atoms. The van der Waals surface area contributed by atoms with E-state index in [4.69, 9.17) is 0 Å². The van der Waals surface area contributed by atoms with Crippen molar-refractivity contribution in [3.05, 3.63) is 59.9 Å². The standard InChI is InChI=1S/C15H12F3NO2/c16-15(17,18)21-13-3-1-2-12(10-13)14(20)5-4-11-6-8-19-9-7-11/h1-3,6-10H,4-5H2. The van der Waals surface area contributed by atoms with Gasteiger partial charge in [-0.1, -0.05) is 12.1 Å². The van der Waals surface area contributed by atoms with E-state index in [0.29, 0.717) is 6.42 Å². The Morgan fingerprint density at radius 2 is 1.86 bits per heavy atom. The van der Waals surface area contributed by atoms with E-state index in [1.165, 1.54) is 12.1 Å². The van der Waals surface area contributed by atoms with Crippen LogP contribution in [0.5, 0.6) is 5.75 Å². The van der Waals surface area contributed by atoms with Crippen LogP contribution in [0.4, 0.5) is 13.2 Å². The van der Waals surface area contributed by atoms with Crippen molar-refractivity contribution in [3.8, 4) is 5.75 Å². The molecular formula is C15H12F3NO2. The van der Waals surface area contributed by atoms with Crippen LogP contribution in [0.3, 0.4) is 0 Å². The third kappa shape index (κ3) is 4.91. The number of ether oxygens (including phenoxy) is 1. The van der Waals surface area contributed by atoms with Gasteiger partial charge in [0.25, 0.3) is 0 Å². The Labute approximate surface area is 119 Å². The molecule has 0 N–H and O–H groups in total. The molecule has 0 saturated carbocycles. The highest BCUT2D eigenvalue weighted by molar-refractivity contribution is 5.96. The van der Waals surface area contributed by atoms with Gasteiger partial charge in [-0.15, -0.1) is 13.2 Å². The number of carbonyl (C=O) groups is 1. The molecule has 6 heteroatoms. The summed E-state index contributed by atoms with van der Waals surface area (Å²) in [5.41, 5.74) is 1.15. The number of carbonyl (C=O) groups excluding carboxylic acids is 1. The van der Waals surface area contributed by atoms with Gasteiger partial charge in [0.05, 0.1) is 0 Å². The van der Waals surface area contributed by atoms with E-state index >= 15 is 0 Å². The van der Waals surface area contributed by atoms with Gasteiger partial charge in [-0.05, 0) is 36.2 Å². The number of aryl methyl sites for hydroxylation is 1. The van der Waals surface area contributed by atoms with E-state index < -0.39 is 12.1 Å². The third-order valence-corrected chi connectivity index (χ3v) is 2.78. The van der Waals surface area contributed by atoms with Gasteiger partial charge in [-0.3, -0.25) is 9.78 Å². The summed E-state index contributed by atoms with van der Waals surface area (Å²) in [7, 11) is 0. The highest BCUT2D eigenvalue weighted by atomic mass is 19.4. The van der Waals surface area contributed by atoms with Crippen molar-refractivity contribution >= 4 is 5.78 Å². The molecule has 0 atom stereocenters. The molecule has 0 saturated heterocycles. The van der Waals surface area contributed by atoms with Crippen LogP contribution < -0.4 is 4.74 Å². The maximum Gasteiger partial charge on any atom is 0.573 e. The van der Waals surface area contributed by atoms with Gasteiger partial charge in [-0.2, -0.15) is 0 Å². The zero-order valence-electron chi connectivity index (χ0n) is 10.9. The number of Topliss-reactive ketones (excluding diaryl/α,β-unsaturated/α-hetero) is 1. The topological polar surface area (TPSA) is 39.2 Å². The Morgan fingerprint density at radius 3 is 2.52 bits per heavy atom. The number of hydrogen-bond acceptors (Lipinski definition) is 3. The Morgan fingerprint density at radius 1 is 1.14 bits per heavy atom. The fourth-order valence-electron chi connectivity index (χ4n) is 1.82. The SMILES string of the molecule is O=C(CCc1ccncc1)c1cccc(OC(F)(F)F)c1. The molecule has 0 amide bonds. The predicted molar refractivity (Wildman–Crippen MR) is 70.0 cm³/mol. The Kier molecular flexibility index (Phi) is 4.57. The van der Waals surface area contributed by atoms with Crippen LogP contribution in [0.25, 0.3) is 0 Å². The van der Waals surface area contributed by atoms with Gasteiger partial charge >= 0.3 is 6.36 Å². The molecule has 2 aromatic rings. The Hall–Kier alpha value is -2.37. The monoisotopic (exact) mass is 295 g/mol. The van der Waals surface area contributed by atoms with Crippen LogP contribution in [0.2, 0.25) is 0 Å². The minimum absolute atomic E-state index is 0.200. The minimum Gasteiger partial charge on any atom is -0.406 e. The first kappa shape index (κ1) is 15.0. The Bertz CT molecular complexity index is 612. The largest absolute Gasteiger partial charge is 0.573 e. The summed E-state index contributed by atoms with van der Waals surface area (Å²) >= 11 is 0. The minimum atomic E-state index is -4.77. The quantitative estimate of drug-likeness (QED) is 0.788. The summed E-state index contributed by atoms with van der Waals surface area (Å²) in [5.74, 6) is -0.628. The Balaban J connectivity index is 2.01. The number of rotatable bonds is 5. The van der Waals surface area contributed by atoms with Crippen molar-refractivity contribution in [2.45, 2.75) is 19.2 Å². The summed E-state index contributed by atoms with van der Waals surface area (Å²) in [6.07, 6.45) is -0.806. The van der Waals surface area contributed by atoms with E-state index in [1.807, 2.05) is 0 Å². The molecule has 0 aliphatic heterocycles. The summed E-state index contributed by atoms with van der Waals surface area (Å²) in [6.45, 7) is 0. The van der Waals surface area contributed by atoms with Gasteiger partial charge in [0.2, 0.25) is 0 Å². The molecule has 0 fully saturated rings. The highest BCUT2D eigenvalue weighted by Crippen LogP contribution is 2.23. The highest BCUT2D eigenvalue weighted by Gasteiger charge is 2.31. The van der Waals surface area contributed by atoms with Crippen LogP contribution in [0.1, 0.15) is 22.3 Å². The van der Waals surface area contributed by atoms with E-state index in [9.17, 15) is 18.0 Å². The number of ketones is 1. The molecule has 1 heterocycles. The van der Waals surface area contributed by atoms with Crippen LogP contribution in [-0.2, 0) is 6.42 Å². The summed E-state index contributed by atoms with van der Waals surface area (Å²) in [6, 6.07) is 8.67.